The Labute approximate surface area is 89.5 Å². The second-order valence-electron chi connectivity index (χ2n) is 4.95. The van der Waals surface area contributed by atoms with Crippen LogP contribution in [0.5, 0.6) is 0 Å². The fraction of sp³-hybridized carbons (Fsp3) is 0.857. The molecule has 0 N–H and O–H groups in total. The maximum Gasteiger partial charge on any atom is 0.0234 e. The SMILES string of the molecule is CCC(C)C#CC1CC1CC(C)CC. The summed E-state index contributed by atoms with van der Waals surface area (Å²) < 4.78 is 0. The summed E-state index contributed by atoms with van der Waals surface area (Å²) in [6, 6.07) is 0. The molecule has 0 aromatic rings. The molecule has 14 heavy (non-hydrogen) atoms. The van der Waals surface area contributed by atoms with Gasteiger partial charge in [-0.05, 0) is 31.1 Å². The van der Waals surface area contributed by atoms with E-state index in [0.717, 1.165) is 17.8 Å². The van der Waals surface area contributed by atoms with E-state index in [2.05, 4.69) is 39.5 Å². The molecule has 0 bridgehead atoms. The van der Waals surface area contributed by atoms with E-state index in [-0.39, 0.29) is 0 Å². The van der Waals surface area contributed by atoms with Crippen LogP contribution >= 0.6 is 0 Å². The minimum atomic E-state index is 0.597. The Hall–Kier alpha value is -0.440. The first-order valence-electron chi connectivity index (χ1n) is 6.18. The largest absolute Gasteiger partial charge is 0.0999 e. The van der Waals surface area contributed by atoms with Gasteiger partial charge in [-0.1, -0.05) is 46.0 Å². The molecule has 0 amide bonds. The molecule has 1 aliphatic rings. The zero-order valence-electron chi connectivity index (χ0n) is 10.1. The average Bonchev–Trinajstić information content (AvgIpc) is 2.92. The summed E-state index contributed by atoms with van der Waals surface area (Å²) in [5.74, 6) is 9.98. The molecule has 1 rings (SSSR count). The van der Waals surface area contributed by atoms with Crippen molar-refractivity contribution < 1.29 is 0 Å². The summed E-state index contributed by atoms with van der Waals surface area (Å²) in [4.78, 5) is 0. The standard InChI is InChI=1S/C14H24/c1-5-11(3)7-8-13-10-14(13)9-12(4)6-2/h11-14H,5-6,9-10H2,1-4H3. The Bertz CT molecular complexity index is 218. The van der Waals surface area contributed by atoms with Crippen LogP contribution in [-0.2, 0) is 0 Å². The zero-order valence-corrected chi connectivity index (χ0v) is 10.1. The van der Waals surface area contributed by atoms with Crippen molar-refractivity contribution in [2.75, 3.05) is 0 Å². The summed E-state index contributed by atoms with van der Waals surface area (Å²) in [7, 11) is 0. The van der Waals surface area contributed by atoms with Gasteiger partial charge in [0.2, 0.25) is 0 Å². The van der Waals surface area contributed by atoms with Gasteiger partial charge in [0, 0.05) is 11.8 Å². The van der Waals surface area contributed by atoms with Gasteiger partial charge in [-0.3, -0.25) is 0 Å². The fourth-order valence-corrected chi connectivity index (χ4v) is 1.72. The number of hydrogen-bond acceptors (Lipinski definition) is 0. The molecule has 0 nitrogen and oxygen atoms in total. The quantitative estimate of drug-likeness (QED) is 0.588. The van der Waals surface area contributed by atoms with Gasteiger partial charge in [-0.15, -0.1) is 0 Å². The van der Waals surface area contributed by atoms with Gasteiger partial charge < -0.3 is 0 Å². The van der Waals surface area contributed by atoms with Crippen LogP contribution in [0.15, 0.2) is 0 Å². The van der Waals surface area contributed by atoms with Crippen molar-refractivity contribution in [3.05, 3.63) is 0 Å². The van der Waals surface area contributed by atoms with Gasteiger partial charge >= 0.3 is 0 Å². The van der Waals surface area contributed by atoms with Crippen LogP contribution in [-0.4, -0.2) is 0 Å². The van der Waals surface area contributed by atoms with Gasteiger partial charge in [-0.2, -0.15) is 0 Å². The highest BCUT2D eigenvalue weighted by molar-refractivity contribution is 5.14. The molecule has 1 fully saturated rings. The molecule has 0 spiro atoms. The molecular weight excluding hydrogens is 168 g/mol. The second kappa shape index (κ2) is 5.44. The highest BCUT2D eigenvalue weighted by atomic mass is 14.4. The van der Waals surface area contributed by atoms with Crippen LogP contribution in [0.2, 0.25) is 0 Å². The Morgan fingerprint density at radius 3 is 2.50 bits per heavy atom. The fourth-order valence-electron chi connectivity index (χ4n) is 1.72. The van der Waals surface area contributed by atoms with E-state index in [4.69, 9.17) is 0 Å². The molecule has 0 radical (unpaired) electrons. The summed E-state index contributed by atoms with van der Waals surface area (Å²) >= 11 is 0. The molecule has 1 saturated carbocycles. The molecule has 0 aromatic carbocycles. The van der Waals surface area contributed by atoms with Crippen LogP contribution in [0.25, 0.3) is 0 Å². The van der Waals surface area contributed by atoms with Gasteiger partial charge in [0.1, 0.15) is 0 Å². The third kappa shape index (κ3) is 3.74. The van der Waals surface area contributed by atoms with Crippen molar-refractivity contribution in [2.45, 2.75) is 53.4 Å². The highest BCUT2D eigenvalue weighted by Crippen LogP contribution is 2.43. The van der Waals surface area contributed by atoms with E-state index in [0.29, 0.717) is 5.92 Å². The van der Waals surface area contributed by atoms with Crippen LogP contribution < -0.4 is 0 Å². The van der Waals surface area contributed by atoms with E-state index < -0.39 is 0 Å². The molecule has 4 atom stereocenters. The third-order valence-corrected chi connectivity index (χ3v) is 3.45. The first kappa shape index (κ1) is 11.6. The topological polar surface area (TPSA) is 0 Å². The summed E-state index contributed by atoms with van der Waals surface area (Å²) in [6.45, 7) is 9.08. The zero-order chi connectivity index (χ0) is 10.6. The van der Waals surface area contributed by atoms with E-state index >= 15 is 0 Å². The summed E-state index contributed by atoms with van der Waals surface area (Å²) in [5.41, 5.74) is 0. The minimum Gasteiger partial charge on any atom is -0.0999 e. The molecule has 0 heterocycles. The molecule has 0 saturated heterocycles. The first-order valence-corrected chi connectivity index (χ1v) is 6.18. The van der Waals surface area contributed by atoms with Gasteiger partial charge in [0.05, 0.1) is 0 Å². The maximum atomic E-state index is 3.44. The average molecular weight is 192 g/mol. The van der Waals surface area contributed by atoms with E-state index in [1.54, 1.807) is 0 Å². The Morgan fingerprint density at radius 1 is 1.21 bits per heavy atom. The first-order chi connectivity index (χ1) is 6.67. The third-order valence-electron chi connectivity index (χ3n) is 3.45. The Morgan fingerprint density at radius 2 is 1.93 bits per heavy atom. The van der Waals surface area contributed by atoms with E-state index in [9.17, 15) is 0 Å². The van der Waals surface area contributed by atoms with Gasteiger partial charge in [-0.25, -0.2) is 0 Å². The van der Waals surface area contributed by atoms with Crippen molar-refractivity contribution in [3.8, 4) is 11.8 Å². The van der Waals surface area contributed by atoms with E-state index in [1.807, 2.05) is 0 Å². The van der Waals surface area contributed by atoms with Crippen LogP contribution in [0.3, 0.4) is 0 Å². The molecule has 1 aliphatic carbocycles. The van der Waals surface area contributed by atoms with Crippen molar-refractivity contribution in [2.24, 2.45) is 23.7 Å². The van der Waals surface area contributed by atoms with Crippen LogP contribution in [0.1, 0.15) is 53.4 Å². The molecule has 0 aromatic heterocycles. The van der Waals surface area contributed by atoms with Crippen molar-refractivity contribution >= 4 is 0 Å². The lowest BCUT2D eigenvalue weighted by atomic mass is 10.0. The van der Waals surface area contributed by atoms with Crippen molar-refractivity contribution in [3.63, 3.8) is 0 Å². The highest BCUT2D eigenvalue weighted by Gasteiger charge is 2.35. The number of hydrogen-bond donors (Lipinski definition) is 0. The Kier molecular flexibility index (Phi) is 4.52. The van der Waals surface area contributed by atoms with Crippen molar-refractivity contribution in [1.29, 1.82) is 0 Å². The second-order valence-corrected chi connectivity index (χ2v) is 4.95. The summed E-state index contributed by atoms with van der Waals surface area (Å²) in [5, 5.41) is 0. The number of rotatable bonds is 4. The molecule has 0 heteroatoms. The minimum absolute atomic E-state index is 0.597. The molecular formula is C14H24. The van der Waals surface area contributed by atoms with Gasteiger partial charge in [0.25, 0.3) is 0 Å². The predicted octanol–water partition coefficient (Wildman–Crippen LogP) is 4.11. The maximum absolute atomic E-state index is 3.44. The normalized spacial score (nSPS) is 28.9. The molecule has 0 aliphatic heterocycles. The lowest BCUT2D eigenvalue weighted by Gasteiger charge is -2.05. The lowest BCUT2D eigenvalue weighted by molar-refractivity contribution is 0.475. The molecule has 80 valence electrons. The van der Waals surface area contributed by atoms with Crippen molar-refractivity contribution in [1.82, 2.24) is 0 Å². The van der Waals surface area contributed by atoms with Gasteiger partial charge in [0.15, 0.2) is 0 Å². The van der Waals surface area contributed by atoms with Crippen LogP contribution in [0.4, 0.5) is 0 Å². The summed E-state index contributed by atoms with van der Waals surface area (Å²) in [6.07, 6.45) is 5.28. The lowest BCUT2D eigenvalue weighted by Crippen LogP contribution is -1.94. The van der Waals surface area contributed by atoms with Crippen LogP contribution in [0, 0.1) is 35.5 Å². The predicted molar refractivity (Wildman–Crippen MR) is 62.9 cm³/mol. The Balaban J connectivity index is 2.21. The molecule has 4 unspecified atom stereocenters. The smallest absolute Gasteiger partial charge is 0.0234 e. The monoisotopic (exact) mass is 192 g/mol. The van der Waals surface area contributed by atoms with E-state index in [1.165, 1.54) is 25.7 Å².